The number of aryl methyl sites for hydroxylation is 4. The smallest absolute Gasteiger partial charge is 0.258 e. The van der Waals surface area contributed by atoms with Crippen LogP contribution in [-0.2, 0) is 0 Å². The van der Waals surface area contributed by atoms with Gasteiger partial charge in [-0.2, -0.15) is 0 Å². The normalized spacial score (nSPS) is 15.0. The van der Waals surface area contributed by atoms with Crippen molar-refractivity contribution in [2.45, 2.75) is 84.5 Å². The molecule has 0 amide bonds. The number of hydrogen-bond donors (Lipinski definition) is 2. The summed E-state index contributed by atoms with van der Waals surface area (Å²) in [5, 5.41) is 7.84. The number of thiazole rings is 1. The van der Waals surface area contributed by atoms with Crippen LogP contribution in [0.15, 0.2) is 237 Å². The molecule has 11 aromatic heterocycles. The van der Waals surface area contributed by atoms with E-state index in [4.69, 9.17) is 57.8 Å². The van der Waals surface area contributed by atoms with Gasteiger partial charge in [0.05, 0.1) is 101 Å². The van der Waals surface area contributed by atoms with Gasteiger partial charge in [-0.3, -0.25) is 46.0 Å². The van der Waals surface area contributed by atoms with Gasteiger partial charge in [0.25, 0.3) is 27.8 Å². The summed E-state index contributed by atoms with van der Waals surface area (Å²) in [6.07, 6.45) is 21.7. The number of anilines is 1. The Hall–Kier alpha value is -14.7. The molecule has 0 spiro atoms. The van der Waals surface area contributed by atoms with Crippen LogP contribution in [0, 0.1) is 27.7 Å². The van der Waals surface area contributed by atoms with Gasteiger partial charge in [0.2, 0.25) is 0 Å². The molecule has 16 aromatic rings. The molecule has 5 aliphatic heterocycles. The van der Waals surface area contributed by atoms with Crippen LogP contribution in [0.5, 0.6) is 46.0 Å². The lowest BCUT2D eigenvalue weighted by Crippen LogP contribution is -2.29. The Kier molecular flexibility index (Phi) is 31.0. The number of benzene rings is 5. The molecule has 142 heavy (non-hydrogen) atoms. The van der Waals surface area contributed by atoms with Crippen molar-refractivity contribution in [3.05, 3.63) is 309 Å². The van der Waals surface area contributed by atoms with Crippen LogP contribution in [0.2, 0.25) is 0 Å². The van der Waals surface area contributed by atoms with E-state index in [1.165, 1.54) is 22.3 Å². The van der Waals surface area contributed by atoms with E-state index in [0.29, 0.717) is 103 Å². The topological polar surface area (TPSA) is 283 Å². The molecule has 16 heterocycles. The Morgan fingerprint density at radius 1 is 0.331 bits per heavy atom. The van der Waals surface area contributed by atoms with E-state index in [1.807, 2.05) is 162 Å². The molecule has 734 valence electrons. The molecule has 0 saturated carbocycles. The van der Waals surface area contributed by atoms with E-state index in [2.05, 4.69) is 105 Å². The molecule has 30 heteroatoms. The van der Waals surface area contributed by atoms with E-state index in [-0.39, 0.29) is 27.8 Å². The fourth-order valence-electron chi connectivity index (χ4n) is 19.1. The number of fused-ring (bicyclic) bond motifs is 6. The van der Waals surface area contributed by atoms with Crippen molar-refractivity contribution >= 4 is 66.5 Å². The summed E-state index contributed by atoms with van der Waals surface area (Å²) in [5.74, 6) is 6.05. The first kappa shape index (κ1) is 98.9. The lowest BCUT2D eigenvalue weighted by molar-refractivity contribution is 0.255. The van der Waals surface area contributed by atoms with Crippen LogP contribution >= 0.6 is 11.3 Å². The van der Waals surface area contributed by atoms with Crippen LogP contribution in [0.25, 0.3) is 106 Å². The van der Waals surface area contributed by atoms with Crippen molar-refractivity contribution in [1.82, 2.24) is 72.3 Å². The van der Waals surface area contributed by atoms with E-state index >= 15 is 0 Å². The number of nitrogens with zero attached hydrogens (tertiary/aromatic N) is 14. The summed E-state index contributed by atoms with van der Waals surface area (Å²) in [7, 11) is 19.2. The molecule has 0 atom stereocenters. The highest BCUT2D eigenvalue weighted by Crippen LogP contribution is 2.40. The fraction of sp³-hybridized carbons (Fsp3) is 0.321. The highest BCUT2D eigenvalue weighted by molar-refractivity contribution is 7.18. The molecule has 2 N–H and O–H groups in total. The quantitative estimate of drug-likeness (QED) is 0.0807. The van der Waals surface area contributed by atoms with E-state index in [9.17, 15) is 24.0 Å². The van der Waals surface area contributed by atoms with Gasteiger partial charge < -0.3 is 68.1 Å². The molecule has 5 aliphatic rings. The first-order chi connectivity index (χ1) is 68.8. The summed E-state index contributed by atoms with van der Waals surface area (Å²) >= 11 is 1.66. The summed E-state index contributed by atoms with van der Waals surface area (Å²) in [4.78, 5) is 97.2. The minimum absolute atomic E-state index is 0.0438. The lowest BCUT2D eigenvalue weighted by atomic mass is 9.90. The second-order valence-corrected chi connectivity index (χ2v) is 37.8. The summed E-state index contributed by atoms with van der Waals surface area (Å²) in [6.45, 7) is 20.1. The first-order valence-electron chi connectivity index (χ1n) is 48.1. The molecular weight excluding hydrogens is 1810 g/mol. The number of piperidine rings is 2. The summed E-state index contributed by atoms with van der Waals surface area (Å²) < 4.78 is 52.2. The number of nitrogens with one attached hydrogen (secondary N) is 2. The Bertz CT molecular complexity index is 7770. The van der Waals surface area contributed by atoms with Crippen LogP contribution < -0.4 is 81.2 Å². The van der Waals surface area contributed by atoms with Crippen molar-refractivity contribution in [2.24, 2.45) is 0 Å². The maximum absolute atomic E-state index is 12.9. The zero-order valence-corrected chi connectivity index (χ0v) is 84.1. The number of rotatable bonds is 18. The molecule has 29 nitrogen and oxygen atoms in total. The average Bonchev–Trinajstić information content (AvgIpc) is 0.884. The maximum atomic E-state index is 12.9. The van der Waals surface area contributed by atoms with Crippen molar-refractivity contribution in [2.75, 3.05) is 161 Å². The Labute approximate surface area is 828 Å². The largest absolute Gasteiger partial charge is 0.493 e. The standard InChI is InChI=1S/C23H27N3O3.C23H25N3O3.C23H24N2O3.C22H25N3O3.C21H21N5OS/c2*1-15-11-18(16-7-9-25(2)10-8-16)14-26-22(27)13-19(24-23(15)26)17-5-6-20(28-3)21(12-17)29-4;1-24-10-8-16(9-11-24)18-4-6-20-12-19(14-23(26)25(20)15-18)17-5-7-21(27-2)22(13-17)28-3;1-14-10-17(15-6-8-23-9-7-15)13-25-21(26)12-18(24-22(14)25)16-4-5-19(27-2)20(11-16)28-3;1-14-23-17-5-3-15(11-19(17)28-14)18-12-21(27)26-13-16(4-6-20(26)24-18)25-9-2-7-22-8-10-25/h5-6,11-14,16H,7-10H2,1-4H3;5-7,11-14H,8-10H2,1-4H3;4-8,12-15H,9-11H2,1-3H3;4-5,10-13,15,23H,6-9H2,1-3H3;3-6,11-13,22H,2,7-10H2,1H3. The number of likely N-dealkylation sites (N-methyl/N-ethyl adjacent to an activating group) is 2. The number of hydrogen-bond acceptors (Lipinski definition) is 25. The van der Waals surface area contributed by atoms with Crippen LogP contribution in [0.1, 0.15) is 101 Å². The number of likely N-dealkylation sites (tertiary alicyclic amines) is 1. The van der Waals surface area contributed by atoms with Crippen LogP contribution in [-0.4, -0.2) is 218 Å². The molecule has 0 unspecified atom stereocenters. The zero-order valence-electron chi connectivity index (χ0n) is 83.3. The van der Waals surface area contributed by atoms with E-state index < -0.39 is 0 Å². The van der Waals surface area contributed by atoms with Crippen molar-refractivity contribution in [3.8, 4) is 102 Å². The Morgan fingerprint density at radius 3 is 1.27 bits per heavy atom. The van der Waals surface area contributed by atoms with Gasteiger partial charge in [-0.15, -0.1) is 11.3 Å². The number of pyridine rings is 6. The van der Waals surface area contributed by atoms with Gasteiger partial charge >= 0.3 is 0 Å². The number of methoxy groups -OCH3 is 8. The predicted octanol–water partition coefficient (Wildman–Crippen LogP) is 16.8. The summed E-state index contributed by atoms with van der Waals surface area (Å²) in [6, 6.07) is 53.0. The maximum Gasteiger partial charge on any atom is 0.258 e. The fourth-order valence-corrected chi connectivity index (χ4v) is 20.0. The van der Waals surface area contributed by atoms with Gasteiger partial charge in [0.1, 0.15) is 22.6 Å². The number of ether oxygens (including phenoxy) is 8. The van der Waals surface area contributed by atoms with Gasteiger partial charge in [-0.05, 0) is 309 Å². The molecular formula is C112H122N16O13S. The molecule has 3 saturated heterocycles. The Balaban J connectivity index is 0.000000122. The lowest BCUT2D eigenvalue weighted by Gasteiger charge is -2.29. The molecule has 3 fully saturated rings. The van der Waals surface area contributed by atoms with Crippen molar-refractivity contribution in [1.29, 1.82) is 0 Å². The SMILES string of the molecule is COc1ccc(-c2cc(=O)n3cc(C4=CCN(C)CC4)cc(C)c3n2)cc1OC.COc1ccc(-c2cc(=O)n3cc(C4=CCN(C)CC4)ccc3c2)cc1OC.COc1ccc(-c2cc(=O)n3cc(C4CCN(C)CC4)cc(C)c3n2)cc1OC.COc1ccc(-c2cc(=O)n3cc(C4CCNCC4)cc(C)c3n2)cc1OC.Cc1nc2ccc(-c3cc(=O)n4cc(N5CCCNCC5)ccc4n3)cc2s1. The third-order valence-corrected chi connectivity index (χ3v) is 28.1. The summed E-state index contributed by atoms with van der Waals surface area (Å²) in [5.41, 5.74) is 23.3. The van der Waals surface area contributed by atoms with Crippen molar-refractivity contribution < 1.29 is 37.9 Å². The van der Waals surface area contributed by atoms with Crippen LogP contribution in [0.4, 0.5) is 5.69 Å². The predicted molar refractivity (Wildman–Crippen MR) is 565 cm³/mol. The second-order valence-electron chi connectivity index (χ2n) is 36.6. The first-order valence-corrected chi connectivity index (χ1v) is 48.9. The van der Waals surface area contributed by atoms with Crippen LogP contribution in [0.3, 0.4) is 0 Å². The molecule has 5 aromatic carbocycles. The van der Waals surface area contributed by atoms with Gasteiger partial charge in [0.15, 0.2) is 46.0 Å². The molecule has 0 bridgehead atoms. The number of aromatic nitrogens is 10. The van der Waals surface area contributed by atoms with Gasteiger partial charge in [-0.1, -0.05) is 42.5 Å². The van der Waals surface area contributed by atoms with Crippen molar-refractivity contribution in [3.63, 3.8) is 0 Å². The highest BCUT2D eigenvalue weighted by atomic mass is 32.1. The molecule has 0 aliphatic carbocycles. The van der Waals surface area contributed by atoms with E-state index in [0.717, 1.165) is 211 Å². The molecule has 0 radical (unpaired) electrons. The Morgan fingerprint density at radius 2 is 0.761 bits per heavy atom. The monoisotopic (exact) mass is 1930 g/mol. The average molecular weight is 1930 g/mol. The molecule has 21 rings (SSSR count). The minimum atomic E-state index is -0.0988. The van der Waals surface area contributed by atoms with E-state index in [1.54, 1.807) is 121 Å². The second kappa shape index (κ2) is 44.4. The van der Waals surface area contributed by atoms with Gasteiger partial charge in [-0.25, -0.2) is 24.9 Å². The zero-order chi connectivity index (χ0) is 99.5. The third-order valence-electron chi connectivity index (χ3n) is 27.1. The minimum Gasteiger partial charge on any atom is -0.493 e. The van der Waals surface area contributed by atoms with Gasteiger partial charge in [0, 0.05) is 135 Å². The third kappa shape index (κ3) is 22.2. The highest BCUT2D eigenvalue weighted by Gasteiger charge is 2.25.